The van der Waals surface area contributed by atoms with Gasteiger partial charge in [0.25, 0.3) is 0 Å². The Hall–Kier alpha value is -3.21. The Labute approximate surface area is 204 Å². The molecule has 2 aliphatic carbocycles. The van der Waals surface area contributed by atoms with E-state index in [1.54, 1.807) is 42.9 Å². The van der Waals surface area contributed by atoms with Crippen LogP contribution in [0.3, 0.4) is 0 Å². The van der Waals surface area contributed by atoms with Crippen molar-refractivity contribution in [2.75, 3.05) is 14.2 Å². The van der Waals surface area contributed by atoms with Crippen LogP contribution in [0.5, 0.6) is 5.75 Å². The lowest BCUT2D eigenvalue weighted by Gasteiger charge is -2.33. The molecule has 4 rings (SSSR count). The van der Waals surface area contributed by atoms with Gasteiger partial charge in [-0.25, -0.2) is 14.5 Å². The maximum absolute atomic E-state index is 12.4. The molecule has 0 spiro atoms. The summed E-state index contributed by atoms with van der Waals surface area (Å²) < 4.78 is 18.6. The molecular formula is C24H33N5O6. The van der Waals surface area contributed by atoms with E-state index in [1.807, 2.05) is 0 Å². The zero-order chi connectivity index (χ0) is 24.9. The Kier molecular flexibility index (Phi) is 7.84. The number of hydrogen-bond acceptors (Lipinski definition) is 8. The van der Waals surface area contributed by atoms with Crippen LogP contribution >= 0.6 is 0 Å². The van der Waals surface area contributed by atoms with Crippen molar-refractivity contribution in [3.05, 3.63) is 23.5 Å². The summed E-state index contributed by atoms with van der Waals surface area (Å²) in [4.78, 5) is 30.2. The topological polar surface area (TPSA) is 129 Å². The van der Waals surface area contributed by atoms with E-state index in [2.05, 4.69) is 10.3 Å². The number of ether oxygens (including phenoxy) is 3. The van der Waals surface area contributed by atoms with Gasteiger partial charge in [-0.3, -0.25) is 4.79 Å². The molecule has 2 heterocycles. The van der Waals surface area contributed by atoms with Gasteiger partial charge in [0.05, 0.1) is 24.3 Å². The number of pyridine rings is 1. The first kappa shape index (κ1) is 24.9. The van der Waals surface area contributed by atoms with E-state index in [-0.39, 0.29) is 37.4 Å². The van der Waals surface area contributed by atoms with Crippen molar-refractivity contribution in [1.29, 1.82) is 0 Å². The van der Waals surface area contributed by atoms with Gasteiger partial charge in [-0.05, 0) is 57.1 Å². The molecular weight excluding hydrogens is 454 g/mol. The molecule has 2 saturated carbocycles. The van der Waals surface area contributed by atoms with Crippen LogP contribution in [0.2, 0.25) is 0 Å². The van der Waals surface area contributed by atoms with Crippen molar-refractivity contribution in [3.8, 4) is 17.1 Å². The third-order valence-corrected chi connectivity index (χ3v) is 6.91. The van der Waals surface area contributed by atoms with Crippen LogP contribution in [0.1, 0.15) is 56.3 Å². The van der Waals surface area contributed by atoms with Crippen molar-refractivity contribution in [2.24, 2.45) is 13.0 Å². The molecule has 0 radical (unpaired) electrons. The lowest BCUT2D eigenvalue weighted by Crippen LogP contribution is -2.41. The summed E-state index contributed by atoms with van der Waals surface area (Å²) >= 11 is 0. The molecule has 35 heavy (non-hydrogen) atoms. The van der Waals surface area contributed by atoms with Crippen molar-refractivity contribution in [1.82, 2.24) is 24.9 Å². The highest BCUT2D eigenvalue weighted by molar-refractivity contribution is 5.70. The van der Waals surface area contributed by atoms with Gasteiger partial charge in [0.1, 0.15) is 29.4 Å². The van der Waals surface area contributed by atoms with Gasteiger partial charge < -0.3 is 24.2 Å². The van der Waals surface area contributed by atoms with Gasteiger partial charge in [-0.15, -0.1) is 5.10 Å². The number of amides is 1. The molecule has 11 nitrogen and oxygen atoms in total. The molecule has 2 aromatic heterocycles. The molecule has 0 unspecified atom stereocenters. The quantitative estimate of drug-likeness (QED) is 0.567. The first-order valence-electron chi connectivity index (χ1n) is 12.0. The monoisotopic (exact) mass is 487 g/mol. The minimum Gasteiger partial charge on any atom is -0.488 e. The molecule has 2 aliphatic rings. The summed E-state index contributed by atoms with van der Waals surface area (Å²) in [6, 6.07) is 3.82. The van der Waals surface area contributed by atoms with Gasteiger partial charge in [0, 0.05) is 27.2 Å². The van der Waals surface area contributed by atoms with Gasteiger partial charge >= 0.3 is 12.1 Å². The Morgan fingerprint density at radius 2 is 1.94 bits per heavy atom. The van der Waals surface area contributed by atoms with Gasteiger partial charge in [0.15, 0.2) is 0 Å². The molecule has 11 heteroatoms. The number of aromatic nitrogens is 4. The zero-order valence-corrected chi connectivity index (χ0v) is 20.5. The number of aliphatic carboxylic acids is 1. The van der Waals surface area contributed by atoms with Crippen molar-refractivity contribution in [3.63, 3.8) is 0 Å². The number of methoxy groups -OCH3 is 1. The van der Waals surface area contributed by atoms with Crippen LogP contribution < -0.4 is 4.74 Å². The third kappa shape index (κ3) is 5.72. The zero-order valence-electron chi connectivity index (χ0n) is 20.5. The summed E-state index contributed by atoms with van der Waals surface area (Å²) in [6.45, 7) is 0.238. The summed E-state index contributed by atoms with van der Waals surface area (Å²) in [5, 5.41) is 17.7. The number of rotatable bonds is 9. The average Bonchev–Trinajstić information content (AvgIpc) is 3.18. The molecule has 0 aromatic carbocycles. The second-order valence-corrected chi connectivity index (χ2v) is 9.27. The fraction of sp³-hybridized carbons (Fsp3) is 0.625. The van der Waals surface area contributed by atoms with E-state index in [0.717, 1.165) is 32.1 Å². The summed E-state index contributed by atoms with van der Waals surface area (Å²) in [6.07, 6.45) is 5.33. The first-order chi connectivity index (χ1) is 16.9. The maximum atomic E-state index is 12.4. The highest BCUT2D eigenvalue weighted by Gasteiger charge is 2.29. The Bertz CT molecular complexity index is 1050. The minimum absolute atomic E-state index is 0.0208. The molecule has 2 fully saturated rings. The average molecular weight is 488 g/mol. The first-order valence-corrected chi connectivity index (χ1v) is 12.0. The summed E-state index contributed by atoms with van der Waals surface area (Å²) in [5.41, 5.74) is 2.28. The molecule has 0 bridgehead atoms. The molecule has 1 amide bonds. The van der Waals surface area contributed by atoms with Crippen molar-refractivity contribution < 1.29 is 28.9 Å². The second-order valence-electron chi connectivity index (χ2n) is 9.27. The van der Waals surface area contributed by atoms with Gasteiger partial charge in [-0.1, -0.05) is 5.21 Å². The van der Waals surface area contributed by atoms with Crippen LogP contribution in [0.15, 0.2) is 12.1 Å². The number of carboxylic acids is 1. The minimum atomic E-state index is -0.779. The smallest absolute Gasteiger partial charge is 0.410 e. The van der Waals surface area contributed by atoms with Crippen LogP contribution in [-0.4, -0.2) is 68.4 Å². The summed E-state index contributed by atoms with van der Waals surface area (Å²) in [7, 11) is 5.08. The van der Waals surface area contributed by atoms with Gasteiger partial charge in [-0.2, -0.15) is 0 Å². The molecule has 2 atom stereocenters. The highest BCUT2D eigenvalue weighted by Crippen LogP contribution is 2.31. The Balaban J connectivity index is 1.49. The maximum Gasteiger partial charge on any atom is 0.410 e. The van der Waals surface area contributed by atoms with E-state index in [1.165, 1.54) is 0 Å². The molecule has 0 saturated heterocycles. The number of carbonyl (C=O) groups is 2. The number of hydrogen-bond donors (Lipinski definition) is 1. The predicted octanol–water partition coefficient (Wildman–Crippen LogP) is 3.17. The number of aryl methyl sites for hydroxylation is 1. The van der Waals surface area contributed by atoms with Crippen LogP contribution in [-0.2, 0) is 34.5 Å². The molecule has 2 aromatic rings. The van der Waals surface area contributed by atoms with Crippen LogP contribution in [0.25, 0.3) is 11.4 Å². The lowest BCUT2D eigenvalue weighted by molar-refractivity contribution is -0.143. The highest BCUT2D eigenvalue weighted by atomic mass is 16.6. The standard InChI is InChI=1S/C24H33N5O6/c1-28(16-7-5-8-16)24(32)34-14-20-22(26-27-29(20)2)18-10-11-21(19(25-18)13-33-3)35-17-9-4-6-15(12-17)23(30)31/h10-11,15-17H,4-9,12-14H2,1-3H3,(H,30,31)/t15-,17-/m0/s1. The van der Waals surface area contributed by atoms with Gasteiger partial charge in [0.2, 0.25) is 0 Å². The predicted molar refractivity (Wildman–Crippen MR) is 125 cm³/mol. The Morgan fingerprint density at radius 3 is 2.63 bits per heavy atom. The number of carbonyl (C=O) groups excluding carboxylic acids is 1. The van der Waals surface area contributed by atoms with E-state index in [0.29, 0.717) is 41.4 Å². The number of carboxylic acid groups (broad SMARTS) is 1. The SMILES string of the molecule is COCc1nc(-c2nnn(C)c2COC(=O)N(C)C2CCC2)ccc1O[C@H]1CCC[C@H](C(=O)O)C1. The van der Waals surface area contributed by atoms with E-state index < -0.39 is 5.97 Å². The van der Waals surface area contributed by atoms with E-state index in [9.17, 15) is 14.7 Å². The van der Waals surface area contributed by atoms with Crippen molar-refractivity contribution >= 4 is 12.1 Å². The molecule has 1 N–H and O–H groups in total. The second kappa shape index (κ2) is 11.0. The van der Waals surface area contributed by atoms with E-state index in [4.69, 9.17) is 19.2 Å². The largest absolute Gasteiger partial charge is 0.488 e. The molecule has 0 aliphatic heterocycles. The van der Waals surface area contributed by atoms with Crippen LogP contribution in [0, 0.1) is 5.92 Å². The third-order valence-electron chi connectivity index (χ3n) is 6.91. The molecule has 190 valence electrons. The van der Waals surface area contributed by atoms with Crippen LogP contribution in [0.4, 0.5) is 4.79 Å². The fourth-order valence-corrected chi connectivity index (χ4v) is 4.52. The van der Waals surface area contributed by atoms with Crippen molar-refractivity contribution in [2.45, 2.75) is 70.3 Å². The lowest BCUT2D eigenvalue weighted by atomic mass is 9.87. The van der Waals surface area contributed by atoms with E-state index >= 15 is 0 Å². The fourth-order valence-electron chi connectivity index (χ4n) is 4.52. The summed E-state index contributed by atoms with van der Waals surface area (Å²) in [5.74, 6) is -0.607. The normalized spacial score (nSPS) is 20.2. The Morgan fingerprint density at radius 1 is 1.17 bits per heavy atom. The number of nitrogens with zero attached hydrogens (tertiary/aromatic N) is 5.